The Bertz CT molecular complexity index is 1550. The number of hydrogen-bond donors (Lipinski definition) is 8. The number of carbonyl (C=O) groups excluding carboxylic acids is 4. The van der Waals surface area contributed by atoms with Gasteiger partial charge in [-0.1, -0.05) is 6.08 Å². The maximum absolute atomic E-state index is 13.4. The summed E-state index contributed by atoms with van der Waals surface area (Å²) in [6.07, 6.45) is -16.3. The SMILES string of the molecule is C/C=C1\C(OC2OC(CO)C(O)C(O)C2O)OC=C(C(=O)OC)C1CC(=O)OC/C=C1\C(OC2OC(CO)C(O)C(O)C2O)OC=C(C(=O)OC)C1CC(=O)OC. The monoisotopic (exact) mass is 820 g/mol. The number of carbonyl (C=O) groups is 4. The Morgan fingerprint density at radius 2 is 1.07 bits per heavy atom. The van der Waals surface area contributed by atoms with E-state index in [9.17, 15) is 60.0 Å². The molecule has 4 aliphatic rings. The van der Waals surface area contributed by atoms with E-state index in [2.05, 4.69) is 0 Å². The van der Waals surface area contributed by atoms with Crippen LogP contribution in [0.3, 0.4) is 0 Å². The quantitative estimate of drug-likeness (QED) is 0.0471. The summed E-state index contributed by atoms with van der Waals surface area (Å²) in [7, 11) is 3.27. The number of allylic oxidation sites excluding steroid dienone is 1. The molecular formula is C35H48O22. The first-order valence-corrected chi connectivity index (χ1v) is 17.5. The predicted octanol–water partition coefficient (Wildman–Crippen LogP) is -3.95. The van der Waals surface area contributed by atoms with Crippen LogP contribution in [0.15, 0.2) is 47.0 Å². The Balaban J connectivity index is 1.59. The van der Waals surface area contributed by atoms with Crippen molar-refractivity contribution in [3.05, 3.63) is 47.0 Å². The minimum absolute atomic E-state index is 0.0450. The molecule has 0 aromatic heterocycles. The van der Waals surface area contributed by atoms with E-state index in [0.29, 0.717) is 0 Å². The fourth-order valence-electron chi connectivity index (χ4n) is 6.46. The highest BCUT2D eigenvalue weighted by Gasteiger charge is 2.49. The van der Waals surface area contributed by atoms with Gasteiger partial charge in [0.25, 0.3) is 0 Å². The zero-order chi connectivity index (χ0) is 42.1. The molecule has 0 amide bonds. The van der Waals surface area contributed by atoms with E-state index in [1.807, 2.05) is 0 Å². The molecule has 0 aromatic carbocycles. The van der Waals surface area contributed by atoms with Crippen molar-refractivity contribution in [3.63, 3.8) is 0 Å². The highest BCUT2D eigenvalue weighted by atomic mass is 16.8. The maximum atomic E-state index is 13.4. The summed E-state index contributed by atoms with van der Waals surface area (Å²) < 4.78 is 53.5. The van der Waals surface area contributed by atoms with E-state index in [1.54, 1.807) is 0 Å². The summed E-state index contributed by atoms with van der Waals surface area (Å²) in [5, 5.41) is 81.1. The zero-order valence-electron chi connectivity index (χ0n) is 31.2. The fourth-order valence-corrected chi connectivity index (χ4v) is 6.46. The average molecular weight is 821 g/mol. The van der Waals surface area contributed by atoms with Gasteiger partial charge in [-0.25, -0.2) is 9.59 Å². The first kappa shape index (κ1) is 45.7. The van der Waals surface area contributed by atoms with Gasteiger partial charge in [0.1, 0.15) is 55.4 Å². The number of rotatable bonds is 14. The maximum Gasteiger partial charge on any atom is 0.337 e. The molecule has 0 bridgehead atoms. The summed E-state index contributed by atoms with van der Waals surface area (Å²) >= 11 is 0. The van der Waals surface area contributed by atoms with Gasteiger partial charge in [0.2, 0.25) is 12.6 Å². The molecule has 8 N–H and O–H groups in total. The van der Waals surface area contributed by atoms with E-state index in [-0.39, 0.29) is 22.3 Å². The topological polar surface area (TPSA) is 322 Å². The van der Waals surface area contributed by atoms with Crippen LogP contribution in [0.25, 0.3) is 0 Å². The molecular weight excluding hydrogens is 772 g/mol. The summed E-state index contributed by atoms with van der Waals surface area (Å²) in [5.41, 5.74) is -0.233. The van der Waals surface area contributed by atoms with Gasteiger partial charge in [-0.2, -0.15) is 0 Å². The van der Waals surface area contributed by atoms with Crippen molar-refractivity contribution in [2.75, 3.05) is 41.2 Å². The van der Waals surface area contributed by atoms with Crippen LogP contribution < -0.4 is 0 Å². The van der Waals surface area contributed by atoms with Gasteiger partial charge in [0.15, 0.2) is 12.6 Å². The van der Waals surface area contributed by atoms with Gasteiger partial charge < -0.3 is 88.2 Å². The number of esters is 4. The molecule has 4 aliphatic heterocycles. The largest absolute Gasteiger partial charge is 0.469 e. The standard InChI is InChI=1S/C35H48O22/c1-5-14-16(18(30(46)49-3)12-52-32(14)56-34-28(44)26(42)24(40)20(10-36)54-34)9-23(39)51-7-6-15-17(8-22(38)48-2)19(31(47)50-4)13-53-33(15)57-35-29(45)27(43)25(41)21(11-37)55-35/h5-6,12-13,16-17,20-21,24-29,32-37,40-45H,7-11H2,1-4H3/b14-5-,15-6-. The summed E-state index contributed by atoms with van der Waals surface area (Å²) in [4.78, 5) is 51.5. The van der Waals surface area contributed by atoms with Crippen molar-refractivity contribution in [1.82, 2.24) is 0 Å². The first-order valence-electron chi connectivity index (χ1n) is 17.5. The number of hydrogen-bond acceptors (Lipinski definition) is 22. The van der Waals surface area contributed by atoms with Gasteiger partial charge >= 0.3 is 23.9 Å². The van der Waals surface area contributed by atoms with Gasteiger partial charge in [-0.05, 0) is 13.0 Å². The van der Waals surface area contributed by atoms with Crippen LogP contribution >= 0.6 is 0 Å². The number of methoxy groups -OCH3 is 3. The summed E-state index contributed by atoms with van der Waals surface area (Å²) in [5.74, 6) is -5.87. The van der Waals surface area contributed by atoms with Crippen LogP contribution in [0.4, 0.5) is 0 Å². The molecule has 0 radical (unpaired) electrons. The number of ether oxygens (including phenoxy) is 10. The van der Waals surface area contributed by atoms with E-state index in [4.69, 9.17) is 47.4 Å². The third kappa shape index (κ3) is 10.3. The lowest BCUT2D eigenvalue weighted by Gasteiger charge is -2.42. The highest BCUT2D eigenvalue weighted by molar-refractivity contribution is 5.91. The summed E-state index contributed by atoms with van der Waals surface area (Å²) in [6.45, 7) is -0.575. The molecule has 14 atom stereocenters. The van der Waals surface area contributed by atoms with Crippen molar-refractivity contribution >= 4 is 23.9 Å². The van der Waals surface area contributed by atoms with Crippen molar-refractivity contribution in [2.24, 2.45) is 11.8 Å². The molecule has 57 heavy (non-hydrogen) atoms. The van der Waals surface area contributed by atoms with Crippen LogP contribution in [-0.2, 0) is 66.5 Å². The van der Waals surface area contributed by atoms with Gasteiger partial charge in [-0.15, -0.1) is 0 Å². The second kappa shape index (κ2) is 20.6. The molecule has 2 saturated heterocycles. The average Bonchev–Trinajstić information content (AvgIpc) is 3.21. The van der Waals surface area contributed by atoms with E-state index < -0.39 is 142 Å². The molecule has 22 heteroatoms. The molecule has 0 spiro atoms. The van der Waals surface area contributed by atoms with Gasteiger partial charge in [0.05, 0.1) is 71.1 Å². The number of aliphatic hydroxyl groups excluding tert-OH is 8. The molecule has 22 nitrogen and oxygen atoms in total. The van der Waals surface area contributed by atoms with E-state index in [0.717, 1.165) is 33.9 Å². The Labute approximate surface area is 325 Å². The van der Waals surface area contributed by atoms with Crippen molar-refractivity contribution < 1.29 is 107 Å². The molecule has 0 aromatic rings. The molecule has 0 saturated carbocycles. The van der Waals surface area contributed by atoms with Crippen LogP contribution in [0, 0.1) is 11.8 Å². The third-order valence-corrected chi connectivity index (χ3v) is 9.66. The van der Waals surface area contributed by atoms with Crippen molar-refractivity contribution in [1.29, 1.82) is 0 Å². The van der Waals surface area contributed by atoms with Crippen LogP contribution in [0.1, 0.15) is 19.8 Å². The second-order valence-corrected chi connectivity index (χ2v) is 13.0. The fraction of sp³-hybridized carbons (Fsp3) is 0.657. The second-order valence-electron chi connectivity index (χ2n) is 13.0. The van der Waals surface area contributed by atoms with Gasteiger partial charge in [-0.3, -0.25) is 9.59 Å². The van der Waals surface area contributed by atoms with Gasteiger partial charge in [0, 0.05) is 23.0 Å². The minimum Gasteiger partial charge on any atom is -0.469 e. The molecule has 14 unspecified atom stereocenters. The number of aliphatic hydroxyl groups is 8. The van der Waals surface area contributed by atoms with Crippen LogP contribution in [0.2, 0.25) is 0 Å². The van der Waals surface area contributed by atoms with E-state index >= 15 is 0 Å². The smallest absolute Gasteiger partial charge is 0.337 e. The third-order valence-electron chi connectivity index (χ3n) is 9.66. The zero-order valence-corrected chi connectivity index (χ0v) is 31.2. The highest BCUT2D eigenvalue weighted by Crippen LogP contribution is 2.38. The van der Waals surface area contributed by atoms with Crippen LogP contribution in [-0.4, -0.2) is 180 Å². The molecule has 0 aliphatic carbocycles. The molecule has 2 fully saturated rings. The normalized spacial score (nSPS) is 36.9. The van der Waals surface area contributed by atoms with Crippen molar-refractivity contribution in [3.8, 4) is 0 Å². The van der Waals surface area contributed by atoms with Crippen LogP contribution in [0.5, 0.6) is 0 Å². The Morgan fingerprint density at radius 3 is 1.49 bits per heavy atom. The Hall–Kier alpha value is -4.04. The summed E-state index contributed by atoms with van der Waals surface area (Å²) in [6, 6.07) is 0. The Kier molecular flexibility index (Phi) is 16.5. The molecule has 320 valence electrons. The lowest BCUT2D eigenvalue weighted by Crippen LogP contribution is -2.60. The lowest BCUT2D eigenvalue weighted by atomic mass is 9.86. The predicted molar refractivity (Wildman–Crippen MR) is 181 cm³/mol. The minimum atomic E-state index is -1.87. The molecule has 4 heterocycles. The van der Waals surface area contributed by atoms with E-state index in [1.165, 1.54) is 19.1 Å². The molecule has 4 rings (SSSR count). The van der Waals surface area contributed by atoms with Crippen molar-refractivity contribution in [2.45, 2.75) is 93.8 Å². The lowest BCUT2D eigenvalue weighted by molar-refractivity contribution is -0.328. The Morgan fingerprint density at radius 1 is 0.632 bits per heavy atom. The first-order chi connectivity index (χ1) is 27.1.